The van der Waals surface area contributed by atoms with Crippen LogP contribution in [0.1, 0.15) is 16.4 Å². The SMILES string of the molecule is Cc1cccc(C(CN)Sc2ccc(F)cc2)c1. The highest BCUT2D eigenvalue weighted by Gasteiger charge is 2.11. The minimum absolute atomic E-state index is 0.204. The summed E-state index contributed by atoms with van der Waals surface area (Å²) in [6, 6.07) is 14.9. The molecule has 94 valence electrons. The van der Waals surface area contributed by atoms with Crippen LogP contribution in [0.5, 0.6) is 0 Å². The number of rotatable bonds is 4. The van der Waals surface area contributed by atoms with Crippen LogP contribution >= 0.6 is 11.8 Å². The second-order valence-corrected chi connectivity index (χ2v) is 5.49. The van der Waals surface area contributed by atoms with Gasteiger partial charge in [-0.1, -0.05) is 29.8 Å². The van der Waals surface area contributed by atoms with Crippen LogP contribution in [0.2, 0.25) is 0 Å². The van der Waals surface area contributed by atoms with Crippen molar-refractivity contribution in [2.24, 2.45) is 5.73 Å². The lowest BCUT2D eigenvalue weighted by atomic mass is 10.1. The maximum Gasteiger partial charge on any atom is 0.123 e. The van der Waals surface area contributed by atoms with Gasteiger partial charge >= 0.3 is 0 Å². The minimum atomic E-state index is -0.209. The van der Waals surface area contributed by atoms with Crippen LogP contribution in [-0.4, -0.2) is 6.54 Å². The molecular weight excluding hydrogens is 245 g/mol. The van der Waals surface area contributed by atoms with E-state index >= 15 is 0 Å². The van der Waals surface area contributed by atoms with Gasteiger partial charge in [0, 0.05) is 16.7 Å². The van der Waals surface area contributed by atoms with E-state index in [1.807, 2.05) is 6.07 Å². The van der Waals surface area contributed by atoms with Gasteiger partial charge in [0.25, 0.3) is 0 Å². The molecular formula is C15H16FNS. The molecule has 2 aromatic rings. The van der Waals surface area contributed by atoms with Crippen molar-refractivity contribution in [3.8, 4) is 0 Å². The van der Waals surface area contributed by atoms with E-state index in [1.165, 1.54) is 23.3 Å². The lowest BCUT2D eigenvalue weighted by Gasteiger charge is -2.15. The normalized spacial score (nSPS) is 12.4. The molecule has 0 amide bonds. The Morgan fingerprint density at radius 3 is 2.50 bits per heavy atom. The largest absolute Gasteiger partial charge is 0.329 e. The zero-order valence-corrected chi connectivity index (χ0v) is 11.1. The summed E-state index contributed by atoms with van der Waals surface area (Å²) in [5.41, 5.74) is 8.28. The fourth-order valence-electron chi connectivity index (χ4n) is 1.80. The molecule has 0 saturated carbocycles. The first-order chi connectivity index (χ1) is 8.69. The zero-order valence-electron chi connectivity index (χ0n) is 10.3. The van der Waals surface area contributed by atoms with Gasteiger partial charge in [-0.15, -0.1) is 11.8 Å². The first-order valence-corrected chi connectivity index (χ1v) is 6.76. The van der Waals surface area contributed by atoms with Gasteiger partial charge in [0.1, 0.15) is 5.82 Å². The van der Waals surface area contributed by atoms with Crippen LogP contribution in [-0.2, 0) is 0 Å². The Morgan fingerprint density at radius 2 is 1.89 bits per heavy atom. The van der Waals surface area contributed by atoms with Gasteiger partial charge in [-0.05, 0) is 36.8 Å². The number of nitrogens with two attached hydrogens (primary N) is 1. The van der Waals surface area contributed by atoms with E-state index in [1.54, 1.807) is 23.9 Å². The van der Waals surface area contributed by atoms with Gasteiger partial charge in [0.2, 0.25) is 0 Å². The van der Waals surface area contributed by atoms with Crippen LogP contribution in [0, 0.1) is 12.7 Å². The van der Waals surface area contributed by atoms with E-state index in [4.69, 9.17) is 5.73 Å². The smallest absolute Gasteiger partial charge is 0.123 e. The molecule has 0 aliphatic heterocycles. The Kier molecular flexibility index (Phi) is 4.39. The van der Waals surface area contributed by atoms with Crippen LogP contribution in [0.25, 0.3) is 0 Å². The third-order valence-electron chi connectivity index (χ3n) is 2.72. The highest BCUT2D eigenvalue weighted by Crippen LogP contribution is 2.34. The van der Waals surface area contributed by atoms with E-state index in [0.717, 1.165) is 4.90 Å². The van der Waals surface area contributed by atoms with Crippen molar-refractivity contribution in [2.75, 3.05) is 6.54 Å². The molecule has 3 heteroatoms. The lowest BCUT2D eigenvalue weighted by molar-refractivity contribution is 0.626. The van der Waals surface area contributed by atoms with E-state index in [9.17, 15) is 4.39 Å². The van der Waals surface area contributed by atoms with Crippen molar-refractivity contribution in [1.82, 2.24) is 0 Å². The van der Waals surface area contributed by atoms with Gasteiger partial charge < -0.3 is 5.73 Å². The van der Waals surface area contributed by atoms with E-state index in [-0.39, 0.29) is 11.1 Å². The summed E-state index contributed by atoms with van der Waals surface area (Å²) in [5, 5.41) is 0.204. The average molecular weight is 261 g/mol. The predicted molar refractivity (Wildman–Crippen MR) is 75.2 cm³/mol. The summed E-state index contributed by atoms with van der Waals surface area (Å²) in [6.45, 7) is 2.63. The van der Waals surface area contributed by atoms with Crippen LogP contribution < -0.4 is 5.73 Å². The fraction of sp³-hybridized carbons (Fsp3) is 0.200. The highest BCUT2D eigenvalue weighted by atomic mass is 32.2. The van der Waals surface area contributed by atoms with Crippen molar-refractivity contribution in [3.63, 3.8) is 0 Å². The monoisotopic (exact) mass is 261 g/mol. The van der Waals surface area contributed by atoms with E-state index in [2.05, 4.69) is 25.1 Å². The number of halogens is 1. The Balaban J connectivity index is 2.17. The van der Waals surface area contributed by atoms with Crippen molar-refractivity contribution >= 4 is 11.8 Å². The van der Waals surface area contributed by atoms with Crippen molar-refractivity contribution < 1.29 is 4.39 Å². The number of hydrogen-bond donors (Lipinski definition) is 1. The van der Waals surface area contributed by atoms with Gasteiger partial charge in [-0.2, -0.15) is 0 Å². The molecule has 0 aliphatic carbocycles. The second-order valence-electron chi connectivity index (χ2n) is 4.21. The van der Waals surface area contributed by atoms with Crippen molar-refractivity contribution in [1.29, 1.82) is 0 Å². The molecule has 1 atom stereocenters. The Hall–Kier alpha value is -1.32. The Morgan fingerprint density at radius 1 is 1.17 bits per heavy atom. The minimum Gasteiger partial charge on any atom is -0.329 e. The number of benzene rings is 2. The molecule has 1 unspecified atom stereocenters. The molecule has 0 bridgehead atoms. The van der Waals surface area contributed by atoms with Gasteiger partial charge in [0.15, 0.2) is 0 Å². The molecule has 2 aromatic carbocycles. The Bertz CT molecular complexity index is 510. The zero-order chi connectivity index (χ0) is 13.0. The predicted octanol–water partition coefficient (Wildman–Crippen LogP) is 3.93. The first kappa shape index (κ1) is 13.1. The van der Waals surface area contributed by atoms with Crippen LogP contribution in [0.15, 0.2) is 53.4 Å². The first-order valence-electron chi connectivity index (χ1n) is 5.88. The van der Waals surface area contributed by atoms with Gasteiger partial charge in [-0.25, -0.2) is 4.39 Å². The molecule has 0 spiro atoms. The standard InChI is InChI=1S/C15H16FNS/c1-11-3-2-4-12(9-11)15(10-17)18-14-7-5-13(16)6-8-14/h2-9,15H,10,17H2,1H3. The summed E-state index contributed by atoms with van der Waals surface area (Å²) in [7, 11) is 0. The number of thioether (sulfide) groups is 1. The van der Waals surface area contributed by atoms with E-state index in [0.29, 0.717) is 6.54 Å². The second kappa shape index (κ2) is 6.03. The molecule has 0 saturated heterocycles. The van der Waals surface area contributed by atoms with Crippen molar-refractivity contribution in [3.05, 3.63) is 65.5 Å². The third kappa shape index (κ3) is 3.34. The Labute approximate surface area is 111 Å². The average Bonchev–Trinajstić information content (AvgIpc) is 2.38. The summed E-state index contributed by atoms with van der Waals surface area (Å²) >= 11 is 1.67. The molecule has 0 radical (unpaired) electrons. The third-order valence-corrected chi connectivity index (χ3v) is 4.01. The van der Waals surface area contributed by atoms with Crippen LogP contribution in [0.4, 0.5) is 4.39 Å². The molecule has 0 fully saturated rings. The van der Waals surface area contributed by atoms with Gasteiger partial charge in [0.05, 0.1) is 0 Å². The van der Waals surface area contributed by atoms with E-state index < -0.39 is 0 Å². The summed E-state index contributed by atoms with van der Waals surface area (Å²) < 4.78 is 12.8. The van der Waals surface area contributed by atoms with Crippen molar-refractivity contribution in [2.45, 2.75) is 17.1 Å². The molecule has 18 heavy (non-hydrogen) atoms. The highest BCUT2D eigenvalue weighted by molar-refractivity contribution is 7.99. The molecule has 0 aliphatic rings. The molecule has 1 nitrogen and oxygen atoms in total. The lowest BCUT2D eigenvalue weighted by Crippen LogP contribution is -2.09. The van der Waals surface area contributed by atoms with Crippen LogP contribution in [0.3, 0.4) is 0 Å². The molecule has 2 rings (SSSR count). The molecule has 0 heterocycles. The maximum atomic E-state index is 12.8. The number of aryl methyl sites for hydroxylation is 1. The molecule has 0 aromatic heterocycles. The summed E-state index contributed by atoms with van der Waals surface area (Å²) in [6.07, 6.45) is 0. The maximum absolute atomic E-state index is 12.8. The summed E-state index contributed by atoms with van der Waals surface area (Å²) in [4.78, 5) is 1.04. The quantitative estimate of drug-likeness (QED) is 0.844. The topological polar surface area (TPSA) is 26.0 Å². The molecule has 2 N–H and O–H groups in total. The summed E-state index contributed by atoms with van der Waals surface area (Å²) in [5.74, 6) is -0.209. The van der Waals surface area contributed by atoms with Gasteiger partial charge in [-0.3, -0.25) is 0 Å². The number of hydrogen-bond acceptors (Lipinski definition) is 2. The fourth-order valence-corrected chi connectivity index (χ4v) is 2.80.